The Morgan fingerprint density at radius 3 is 2.50 bits per heavy atom. The zero-order valence-corrected chi connectivity index (χ0v) is 12.6. The SMILES string of the molecule is COC(=O)CCc1ccc(NS(=O)(=O)NCCCl)cc1. The van der Waals surface area contributed by atoms with Gasteiger partial charge >= 0.3 is 5.97 Å². The Hall–Kier alpha value is -1.31. The van der Waals surface area contributed by atoms with E-state index in [1.807, 2.05) is 0 Å². The molecule has 0 spiro atoms. The third-order valence-corrected chi connectivity index (χ3v) is 3.72. The van der Waals surface area contributed by atoms with Gasteiger partial charge in [0.1, 0.15) is 0 Å². The van der Waals surface area contributed by atoms with Gasteiger partial charge in [-0.05, 0) is 24.1 Å². The molecule has 6 nitrogen and oxygen atoms in total. The molecule has 0 heterocycles. The molecule has 0 amide bonds. The second kappa shape index (κ2) is 8.08. The number of esters is 1. The fourth-order valence-electron chi connectivity index (χ4n) is 1.45. The third-order valence-electron chi connectivity index (χ3n) is 2.44. The van der Waals surface area contributed by atoms with E-state index in [1.165, 1.54) is 7.11 Å². The molecule has 0 aliphatic rings. The van der Waals surface area contributed by atoms with E-state index in [9.17, 15) is 13.2 Å². The van der Waals surface area contributed by atoms with Crippen molar-refractivity contribution in [3.8, 4) is 0 Å². The third kappa shape index (κ3) is 6.23. The number of carbonyl (C=O) groups excluding carboxylic acids is 1. The van der Waals surface area contributed by atoms with Crippen molar-refractivity contribution in [2.24, 2.45) is 0 Å². The summed E-state index contributed by atoms with van der Waals surface area (Å²) in [4.78, 5) is 11.0. The molecule has 0 saturated heterocycles. The van der Waals surface area contributed by atoms with Crippen molar-refractivity contribution in [2.75, 3.05) is 24.3 Å². The topological polar surface area (TPSA) is 84.5 Å². The number of benzene rings is 1. The number of carbonyl (C=O) groups is 1. The summed E-state index contributed by atoms with van der Waals surface area (Å²) in [6, 6.07) is 6.77. The largest absolute Gasteiger partial charge is 0.469 e. The first-order chi connectivity index (χ1) is 9.46. The van der Waals surface area contributed by atoms with Crippen molar-refractivity contribution in [2.45, 2.75) is 12.8 Å². The first kappa shape index (κ1) is 16.7. The van der Waals surface area contributed by atoms with Crippen LogP contribution in [0.5, 0.6) is 0 Å². The van der Waals surface area contributed by atoms with Crippen LogP contribution in [0.2, 0.25) is 0 Å². The molecular weight excluding hydrogens is 304 g/mol. The molecule has 2 N–H and O–H groups in total. The molecule has 0 aliphatic heterocycles. The standard InChI is InChI=1S/C12H17ClN2O4S/c1-19-12(16)7-4-10-2-5-11(6-3-10)15-20(17,18)14-9-8-13/h2-3,5-6,14-15H,4,7-9H2,1H3. The summed E-state index contributed by atoms with van der Waals surface area (Å²) >= 11 is 5.41. The molecule has 0 fully saturated rings. The van der Waals surface area contributed by atoms with Crippen LogP contribution in [-0.2, 0) is 26.2 Å². The van der Waals surface area contributed by atoms with Crippen LogP contribution in [0.4, 0.5) is 5.69 Å². The van der Waals surface area contributed by atoms with Gasteiger partial charge in [-0.1, -0.05) is 12.1 Å². The van der Waals surface area contributed by atoms with E-state index >= 15 is 0 Å². The molecule has 0 aromatic heterocycles. The Morgan fingerprint density at radius 1 is 1.30 bits per heavy atom. The second-order valence-electron chi connectivity index (χ2n) is 3.96. The quantitative estimate of drug-likeness (QED) is 0.558. The van der Waals surface area contributed by atoms with Gasteiger partial charge in [0.2, 0.25) is 0 Å². The fourth-order valence-corrected chi connectivity index (χ4v) is 2.55. The first-order valence-electron chi connectivity index (χ1n) is 5.96. The molecule has 0 saturated carbocycles. The summed E-state index contributed by atoms with van der Waals surface area (Å²) in [6.07, 6.45) is 0.836. The minimum atomic E-state index is -3.60. The minimum Gasteiger partial charge on any atom is -0.469 e. The van der Waals surface area contributed by atoms with Crippen molar-refractivity contribution >= 4 is 33.5 Å². The second-order valence-corrected chi connectivity index (χ2v) is 5.84. The first-order valence-corrected chi connectivity index (χ1v) is 7.98. The van der Waals surface area contributed by atoms with Crippen LogP contribution in [0.15, 0.2) is 24.3 Å². The number of hydrogen-bond acceptors (Lipinski definition) is 4. The fraction of sp³-hybridized carbons (Fsp3) is 0.417. The Bertz CT molecular complexity index is 531. The molecule has 20 heavy (non-hydrogen) atoms. The average Bonchev–Trinajstić information content (AvgIpc) is 2.43. The molecule has 112 valence electrons. The summed E-state index contributed by atoms with van der Waals surface area (Å²) in [5.74, 6) is -0.0760. The normalized spacial score (nSPS) is 11.1. The number of nitrogens with one attached hydrogen (secondary N) is 2. The smallest absolute Gasteiger partial charge is 0.305 e. The predicted molar refractivity (Wildman–Crippen MR) is 78.0 cm³/mol. The summed E-state index contributed by atoms with van der Waals surface area (Å²) in [6.45, 7) is 0.161. The van der Waals surface area contributed by atoms with Crippen LogP contribution in [0, 0.1) is 0 Å². The highest BCUT2D eigenvalue weighted by Gasteiger charge is 2.08. The molecule has 0 bridgehead atoms. The molecule has 0 radical (unpaired) electrons. The molecule has 1 rings (SSSR count). The number of halogens is 1. The lowest BCUT2D eigenvalue weighted by molar-refractivity contribution is -0.140. The molecule has 0 aliphatic carbocycles. The predicted octanol–water partition coefficient (Wildman–Crippen LogP) is 1.28. The highest BCUT2D eigenvalue weighted by atomic mass is 35.5. The van der Waals surface area contributed by atoms with Gasteiger partial charge in [-0.2, -0.15) is 13.1 Å². The van der Waals surface area contributed by atoms with Gasteiger partial charge in [0.05, 0.1) is 7.11 Å². The van der Waals surface area contributed by atoms with Gasteiger partial charge in [-0.15, -0.1) is 11.6 Å². The maximum Gasteiger partial charge on any atom is 0.305 e. The van der Waals surface area contributed by atoms with E-state index in [0.717, 1.165) is 5.56 Å². The number of anilines is 1. The summed E-state index contributed by atoms with van der Waals surface area (Å²) in [7, 11) is -2.26. The number of aryl methyl sites for hydroxylation is 1. The van der Waals surface area contributed by atoms with Gasteiger partial charge in [-0.25, -0.2) is 0 Å². The van der Waals surface area contributed by atoms with Crippen LogP contribution in [0.3, 0.4) is 0 Å². The van der Waals surface area contributed by atoms with Gasteiger partial charge in [0.15, 0.2) is 0 Å². The molecule has 8 heteroatoms. The van der Waals surface area contributed by atoms with Crippen molar-refractivity contribution < 1.29 is 17.9 Å². The van der Waals surface area contributed by atoms with E-state index in [1.54, 1.807) is 24.3 Å². The van der Waals surface area contributed by atoms with Crippen molar-refractivity contribution in [1.29, 1.82) is 0 Å². The highest BCUT2D eigenvalue weighted by Crippen LogP contribution is 2.12. The number of hydrogen-bond donors (Lipinski definition) is 2. The molecule has 1 aromatic carbocycles. The van der Waals surface area contributed by atoms with Crippen LogP contribution < -0.4 is 9.44 Å². The van der Waals surface area contributed by atoms with Gasteiger partial charge in [-0.3, -0.25) is 9.52 Å². The van der Waals surface area contributed by atoms with E-state index in [0.29, 0.717) is 18.5 Å². The van der Waals surface area contributed by atoms with Gasteiger partial charge in [0, 0.05) is 24.5 Å². The summed E-state index contributed by atoms with van der Waals surface area (Å²) in [5.41, 5.74) is 1.36. The minimum absolute atomic E-state index is 0.161. The zero-order valence-electron chi connectivity index (χ0n) is 11.1. The number of methoxy groups -OCH3 is 1. The highest BCUT2D eigenvalue weighted by molar-refractivity contribution is 7.90. The molecule has 0 unspecified atom stereocenters. The number of rotatable bonds is 8. The molecular formula is C12H17ClN2O4S. The number of ether oxygens (including phenoxy) is 1. The lowest BCUT2D eigenvalue weighted by Gasteiger charge is -2.09. The maximum absolute atomic E-state index is 11.6. The Kier molecular flexibility index (Phi) is 6.77. The van der Waals surface area contributed by atoms with Crippen molar-refractivity contribution in [3.63, 3.8) is 0 Å². The average molecular weight is 321 g/mol. The van der Waals surface area contributed by atoms with Gasteiger partial charge < -0.3 is 4.74 Å². The monoisotopic (exact) mass is 320 g/mol. The van der Waals surface area contributed by atoms with E-state index < -0.39 is 10.2 Å². The van der Waals surface area contributed by atoms with E-state index in [4.69, 9.17) is 11.6 Å². The van der Waals surface area contributed by atoms with Crippen LogP contribution >= 0.6 is 11.6 Å². The van der Waals surface area contributed by atoms with E-state index in [-0.39, 0.29) is 18.4 Å². The van der Waals surface area contributed by atoms with Crippen molar-refractivity contribution in [1.82, 2.24) is 4.72 Å². The van der Waals surface area contributed by atoms with Crippen LogP contribution in [-0.4, -0.2) is 33.9 Å². The van der Waals surface area contributed by atoms with Crippen molar-refractivity contribution in [3.05, 3.63) is 29.8 Å². The van der Waals surface area contributed by atoms with Crippen LogP contribution in [0.1, 0.15) is 12.0 Å². The number of alkyl halides is 1. The maximum atomic E-state index is 11.6. The lowest BCUT2D eigenvalue weighted by Crippen LogP contribution is -2.31. The molecule has 1 aromatic rings. The van der Waals surface area contributed by atoms with Gasteiger partial charge in [0.25, 0.3) is 10.2 Å². The summed E-state index contributed by atoms with van der Waals surface area (Å²) < 4.78 is 32.3. The van der Waals surface area contributed by atoms with Crippen LogP contribution in [0.25, 0.3) is 0 Å². The van der Waals surface area contributed by atoms with E-state index in [2.05, 4.69) is 14.2 Å². The summed E-state index contributed by atoms with van der Waals surface area (Å²) in [5, 5.41) is 0. The lowest BCUT2D eigenvalue weighted by atomic mass is 10.1. The Balaban J connectivity index is 2.56. The zero-order chi connectivity index (χ0) is 15.0. The molecule has 0 atom stereocenters. The Morgan fingerprint density at radius 2 is 1.95 bits per heavy atom. The Labute approximate surface area is 123 Å².